The first kappa shape index (κ1) is 12.3. The Balaban J connectivity index is 1.86. The molecular formula is C14H21N5. The van der Waals surface area contributed by atoms with Crippen molar-refractivity contribution in [1.82, 2.24) is 14.4 Å². The van der Waals surface area contributed by atoms with Gasteiger partial charge in [-0.2, -0.15) is 0 Å². The van der Waals surface area contributed by atoms with Crippen LogP contribution in [0.1, 0.15) is 39.5 Å². The molecule has 0 saturated heterocycles. The molecule has 1 atom stereocenters. The molecule has 5 nitrogen and oxygen atoms in total. The van der Waals surface area contributed by atoms with Crippen LogP contribution in [0, 0.1) is 5.41 Å². The number of rotatable bonds is 2. The van der Waals surface area contributed by atoms with Gasteiger partial charge in [0, 0.05) is 18.4 Å². The van der Waals surface area contributed by atoms with E-state index < -0.39 is 0 Å². The second-order valence-corrected chi connectivity index (χ2v) is 6.27. The van der Waals surface area contributed by atoms with Gasteiger partial charge in [-0.15, -0.1) is 0 Å². The molecule has 0 amide bonds. The molecule has 0 bridgehead atoms. The highest BCUT2D eigenvalue weighted by molar-refractivity contribution is 5.65. The molecule has 0 aliphatic heterocycles. The van der Waals surface area contributed by atoms with Gasteiger partial charge in [0.25, 0.3) is 0 Å². The second kappa shape index (κ2) is 4.40. The van der Waals surface area contributed by atoms with Crippen LogP contribution in [-0.2, 0) is 0 Å². The van der Waals surface area contributed by atoms with E-state index in [0.29, 0.717) is 17.3 Å². The van der Waals surface area contributed by atoms with Crippen molar-refractivity contribution >= 4 is 17.3 Å². The van der Waals surface area contributed by atoms with Gasteiger partial charge in [-0.3, -0.25) is 0 Å². The highest BCUT2D eigenvalue weighted by atomic mass is 15.1. The maximum absolute atomic E-state index is 5.84. The van der Waals surface area contributed by atoms with E-state index in [0.717, 1.165) is 17.9 Å². The predicted octanol–water partition coefficient (Wildman–Crippen LogP) is 2.69. The van der Waals surface area contributed by atoms with Crippen LogP contribution in [0.25, 0.3) is 5.65 Å². The van der Waals surface area contributed by atoms with Crippen molar-refractivity contribution in [3.63, 3.8) is 0 Å². The van der Waals surface area contributed by atoms with Crippen molar-refractivity contribution in [1.29, 1.82) is 0 Å². The summed E-state index contributed by atoms with van der Waals surface area (Å²) in [5, 5.41) is 3.53. The van der Waals surface area contributed by atoms with Gasteiger partial charge in [0.15, 0.2) is 11.5 Å². The van der Waals surface area contributed by atoms with E-state index >= 15 is 0 Å². The van der Waals surface area contributed by atoms with Crippen LogP contribution in [0.5, 0.6) is 0 Å². The Hall–Kier alpha value is -1.78. The molecule has 2 heterocycles. The zero-order chi connectivity index (χ0) is 13.5. The Kier molecular flexibility index (Phi) is 2.84. The van der Waals surface area contributed by atoms with Gasteiger partial charge in [0.05, 0.1) is 6.20 Å². The Morgan fingerprint density at radius 2 is 2.32 bits per heavy atom. The van der Waals surface area contributed by atoms with Gasteiger partial charge in [0.2, 0.25) is 0 Å². The second-order valence-electron chi connectivity index (χ2n) is 6.27. The summed E-state index contributed by atoms with van der Waals surface area (Å²) in [6.07, 6.45) is 10.4. The molecule has 1 aliphatic carbocycles. The average molecular weight is 259 g/mol. The molecule has 5 heteroatoms. The fraction of sp³-hybridized carbons (Fsp3) is 0.571. The molecule has 1 saturated carbocycles. The zero-order valence-electron chi connectivity index (χ0n) is 11.6. The first-order valence-electron chi connectivity index (χ1n) is 6.89. The molecule has 19 heavy (non-hydrogen) atoms. The molecule has 0 spiro atoms. The van der Waals surface area contributed by atoms with E-state index in [4.69, 9.17) is 5.73 Å². The topological polar surface area (TPSA) is 68.2 Å². The lowest BCUT2D eigenvalue weighted by Gasteiger charge is -2.35. The molecule has 2 aromatic heterocycles. The van der Waals surface area contributed by atoms with Crippen LogP contribution >= 0.6 is 0 Å². The van der Waals surface area contributed by atoms with Gasteiger partial charge in [0.1, 0.15) is 5.82 Å². The number of nitrogen functional groups attached to an aromatic ring is 1. The minimum Gasteiger partial charge on any atom is -0.382 e. The lowest BCUT2D eigenvalue weighted by atomic mass is 9.75. The van der Waals surface area contributed by atoms with E-state index in [-0.39, 0.29) is 0 Å². The highest BCUT2D eigenvalue weighted by Crippen LogP contribution is 2.36. The maximum Gasteiger partial charge on any atom is 0.180 e. The number of nitrogens with two attached hydrogens (primary N) is 1. The van der Waals surface area contributed by atoms with Crippen molar-refractivity contribution in [2.24, 2.45) is 5.41 Å². The third kappa shape index (κ3) is 2.50. The quantitative estimate of drug-likeness (QED) is 0.870. The number of nitrogens with zero attached hydrogens (tertiary/aromatic N) is 3. The Labute approximate surface area is 113 Å². The van der Waals surface area contributed by atoms with Crippen LogP contribution < -0.4 is 11.1 Å². The van der Waals surface area contributed by atoms with E-state index in [1.165, 1.54) is 19.3 Å². The molecule has 2 aromatic rings. The van der Waals surface area contributed by atoms with Crippen LogP contribution in [-0.4, -0.2) is 20.4 Å². The molecule has 0 aromatic carbocycles. The van der Waals surface area contributed by atoms with Crippen LogP contribution in [0.4, 0.5) is 11.6 Å². The summed E-state index contributed by atoms with van der Waals surface area (Å²) in [5.41, 5.74) is 7.09. The summed E-state index contributed by atoms with van der Waals surface area (Å²) in [7, 11) is 0. The minimum absolute atomic E-state index is 0.405. The number of hydrogen-bond acceptors (Lipinski definition) is 4. The molecule has 3 N–H and O–H groups in total. The van der Waals surface area contributed by atoms with Crippen LogP contribution in [0.3, 0.4) is 0 Å². The standard InChI is InChI=1S/C14H21N5/c1-14(2)5-3-4-10(8-14)17-12-13-16-6-7-19(13)9-11(15)18-12/h6-7,9-10H,3-5,8,15H2,1-2H3,(H,17,18). The van der Waals surface area contributed by atoms with Gasteiger partial charge >= 0.3 is 0 Å². The highest BCUT2D eigenvalue weighted by Gasteiger charge is 2.28. The Morgan fingerprint density at radius 3 is 3.11 bits per heavy atom. The summed E-state index contributed by atoms with van der Waals surface area (Å²) in [6.45, 7) is 4.66. The number of nitrogens with one attached hydrogen (secondary N) is 1. The molecular weight excluding hydrogens is 238 g/mol. The van der Waals surface area contributed by atoms with Crippen molar-refractivity contribution in [3.05, 3.63) is 18.6 Å². The van der Waals surface area contributed by atoms with E-state index in [1.807, 2.05) is 10.6 Å². The van der Waals surface area contributed by atoms with Crippen molar-refractivity contribution in [2.75, 3.05) is 11.1 Å². The van der Waals surface area contributed by atoms with E-state index in [9.17, 15) is 0 Å². The third-order valence-electron chi connectivity index (χ3n) is 3.94. The third-order valence-corrected chi connectivity index (χ3v) is 3.94. The van der Waals surface area contributed by atoms with Gasteiger partial charge in [-0.25, -0.2) is 9.97 Å². The summed E-state index contributed by atoms with van der Waals surface area (Å²) >= 11 is 0. The van der Waals surface area contributed by atoms with Gasteiger partial charge < -0.3 is 15.5 Å². The van der Waals surface area contributed by atoms with E-state index in [1.54, 1.807) is 12.4 Å². The predicted molar refractivity (Wildman–Crippen MR) is 77.1 cm³/mol. The molecule has 3 rings (SSSR count). The number of imidazole rings is 1. The summed E-state index contributed by atoms with van der Waals surface area (Å²) in [4.78, 5) is 8.74. The molecule has 1 unspecified atom stereocenters. The SMILES string of the molecule is CC1(C)CCCC(Nc2nc(N)cn3ccnc23)C1. The smallest absolute Gasteiger partial charge is 0.180 e. The largest absolute Gasteiger partial charge is 0.382 e. The lowest BCUT2D eigenvalue weighted by Crippen LogP contribution is -2.32. The van der Waals surface area contributed by atoms with Crippen LogP contribution in [0.2, 0.25) is 0 Å². The first-order chi connectivity index (χ1) is 9.03. The fourth-order valence-electron chi connectivity index (χ4n) is 3.06. The van der Waals surface area contributed by atoms with Crippen LogP contribution in [0.15, 0.2) is 18.6 Å². The Morgan fingerprint density at radius 1 is 1.47 bits per heavy atom. The average Bonchev–Trinajstić information content (AvgIpc) is 2.75. The first-order valence-corrected chi connectivity index (χ1v) is 6.89. The number of fused-ring (bicyclic) bond motifs is 1. The van der Waals surface area contributed by atoms with Crippen molar-refractivity contribution in [3.8, 4) is 0 Å². The Bertz CT molecular complexity index is 587. The summed E-state index contributed by atoms with van der Waals surface area (Å²) < 4.78 is 1.92. The fourth-order valence-corrected chi connectivity index (χ4v) is 3.06. The normalized spacial score (nSPS) is 22.5. The molecule has 0 radical (unpaired) electrons. The summed E-state index contributed by atoms with van der Waals surface area (Å²) in [6, 6.07) is 0.457. The number of hydrogen-bond donors (Lipinski definition) is 2. The van der Waals surface area contributed by atoms with Gasteiger partial charge in [-0.05, 0) is 24.7 Å². The molecule has 102 valence electrons. The minimum atomic E-state index is 0.405. The lowest BCUT2D eigenvalue weighted by molar-refractivity contribution is 0.229. The maximum atomic E-state index is 5.84. The van der Waals surface area contributed by atoms with Crippen molar-refractivity contribution < 1.29 is 0 Å². The van der Waals surface area contributed by atoms with E-state index in [2.05, 4.69) is 29.1 Å². The number of anilines is 2. The summed E-state index contributed by atoms with van der Waals surface area (Å²) in [5.74, 6) is 1.32. The monoisotopic (exact) mass is 259 g/mol. The van der Waals surface area contributed by atoms with Crippen molar-refractivity contribution in [2.45, 2.75) is 45.6 Å². The zero-order valence-corrected chi connectivity index (χ0v) is 11.6. The molecule has 1 aliphatic rings. The number of aromatic nitrogens is 3. The van der Waals surface area contributed by atoms with Gasteiger partial charge in [-0.1, -0.05) is 20.3 Å². The molecule has 1 fully saturated rings.